The third-order valence-electron chi connectivity index (χ3n) is 4.66. The van der Waals surface area contributed by atoms with Crippen molar-refractivity contribution < 1.29 is 19.2 Å². The molecule has 0 saturated carbocycles. The summed E-state index contributed by atoms with van der Waals surface area (Å²) in [6, 6.07) is 0. The summed E-state index contributed by atoms with van der Waals surface area (Å²) in [6.45, 7) is 1.17. The van der Waals surface area contributed by atoms with E-state index in [-0.39, 0.29) is 17.4 Å². The first kappa shape index (κ1) is 16.1. The molecule has 124 valence electrons. The number of aromatic nitrogens is 1. The van der Waals surface area contributed by atoms with Gasteiger partial charge in [0, 0.05) is 29.6 Å². The zero-order valence-electron chi connectivity index (χ0n) is 12.8. The van der Waals surface area contributed by atoms with Gasteiger partial charge in [0.15, 0.2) is 0 Å². The fourth-order valence-corrected chi connectivity index (χ4v) is 3.65. The van der Waals surface area contributed by atoms with Crippen LogP contribution in [0, 0.1) is 0 Å². The van der Waals surface area contributed by atoms with Crippen LogP contribution in [-0.4, -0.2) is 40.1 Å². The third kappa shape index (κ3) is 3.27. The van der Waals surface area contributed by atoms with Crippen molar-refractivity contribution >= 4 is 23.5 Å². The average Bonchev–Trinajstić information content (AvgIpc) is 3.05. The SMILES string of the molecule is O=C(O)c1conc1C1CCN(C(=O)C2=C(Cl)CCCC2)CC1. The Kier molecular flexibility index (Phi) is 4.71. The highest BCUT2D eigenvalue weighted by Gasteiger charge is 2.31. The molecule has 1 fully saturated rings. The Morgan fingerprint density at radius 3 is 2.61 bits per heavy atom. The van der Waals surface area contributed by atoms with E-state index in [1.165, 1.54) is 6.26 Å². The number of hydrogen-bond donors (Lipinski definition) is 1. The minimum atomic E-state index is -1.03. The maximum atomic E-state index is 12.6. The Morgan fingerprint density at radius 2 is 1.96 bits per heavy atom. The molecule has 1 amide bonds. The van der Waals surface area contributed by atoms with Crippen LogP contribution in [0.15, 0.2) is 21.4 Å². The molecular weight excluding hydrogens is 320 g/mol. The summed E-state index contributed by atoms with van der Waals surface area (Å²) in [5.41, 5.74) is 1.36. The molecule has 1 N–H and O–H groups in total. The number of carbonyl (C=O) groups excluding carboxylic acids is 1. The minimum absolute atomic E-state index is 0.0136. The van der Waals surface area contributed by atoms with Gasteiger partial charge < -0.3 is 14.5 Å². The minimum Gasteiger partial charge on any atom is -0.478 e. The van der Waals surface area contributed by atoms with E-state index in [1.807, 2.05) is 4.90 Å². The van der Waals surface area contributed by atoms with Crippen molar-refractivity contribution in [2.75, 3.05) is 13.1 Å². The van der Waals surface area contributed by atoms with E-state index in [0.29, 0.717) is 36.7 Å². The second-order valence-electron chi connectivity index (χ2n) is 6.08. The fraction of sp³-hybridized carbons (Fsp3) is 0.562. The summed E-state index contributed by atoms with van der Waals surface area (Å²) < 4.78 is 4.81. The first-order valence-electron chi connectivity index (χ1n) is 7.92. The zero-order chi connectivity index (χ0) is 16.4. The van der Waals surface area contributed by atoms with Crippen molar-refractivity contribution in [2.45, 2.75) is 44.4 Å². The monoisotopic (exact) mass is 338 g/mol. The number of amides is 1. The van der Waals surface area contributed by atoms with Gasteiger partial charge in [-0.15, -0.1) is 0 Å². The number of likely N-dealkylation sites (tertiary alicyclic amines) is 1. The van der Waals surface area contributed by atoms with Gasteiger partial charge >= 0.3 is 5.97 Å². The molecule has 3 rings (SSSR count). The Labute approximate surface area is 139 Å². The Bertz CT molecular complexity index is 644. The molecule has 23 heavy (non-hydrogen) atoms. The van der Waals surface area contributed by atoms with Crippen molar-refractivity contribution in [1.82, 2.24) is 10.1 Å². The largest absolute Gasteiger partial charge is 0.478 e. The first-order chi connectivity index (χ1) is 11.1. The van der Waals surface area contributed by atoms with Gasteiger partial charge in [-0.2, -0.15) is 0 Å². The molecule has 1 aliphatic heterocycles. The highest BCUT2D eigenvalue weighted by molar-refractivity contribution is 6.32. The topological polar surface area (TPSA) is 83.6 Å². The molecule has 7 heteroatoms. The van der Waals surface area contributed by atoms with Gasteiger partial charge in [-0.05, 0) is 38.5 Å². The molecule has 0 atom stereocenters. The highest BCUT2D eigenvalue weighted by Crippen LogP contribution is 2.33. The maximum absolute atomic E-state index is 12.6. The predicted molar refractivity (Wildman–Crippen MR) is 83.4 cm³/mol. The predicted octanol–water partition coefficient (Wildman–Crippen LogP) is 3.15. The van der Waals surface area contributed by atoms with E-state index < -0.39 is 5.97 Å². The van der Waals surface area contributed by atoms with E-state index in [2.05, 4.69) is 5.16 Å². The van der Waals surface area contributed by atoms with Gasteiger partial charge in [-0.1, -0.05) is 16.8 Å². The number of carboxylic acids is 1. The molecule has 6 nitrogen and oxygen atoms in total. The molecule has 0 radical (unpaired) electrons. The van der Waals surface area contributed by atoms with Crippen molar-refractivity contribution in [3.05, 3.63) is 28.1 Å². The summed E-state index contributed by atoms with van der Waals surface area (Å²) in [4.78, 5) is 25.6. The van der Waals surface area contributed by atoms with E-state index >= 15 is 0 Å². The Morgan fingerprint density at radius 1 is 1.26 bits per heavy atom. The van der Waals surface area contributed by atoms with Gasteiger partial charge in [-0.3, -0.25) is 4.79 Å². The van der Waals surface area contributed by atoms with Crippen LogP contribution in [-0.2, 0) is 4.79 Å². The van der Waals surface area contributed by atoms with Crippen LogP contribution in [0.4, 0.5) is 0 Å². The van der Waals surface area contributed by atoms with Crippen LogP contribution in [0.5, 0.6) is 0 Å². The molecule has 1 aromatic rings. The summed E-state index contributed by atoms with van der Waals surface area (Å²) in [5, 5.41) is 13.7. The molecule has 2 heterocycles. The van der Waals surface area contributed by atoms with Crippen molar-refractivity contribution in [3.63, 3.8) is 0 Å². The fourth-order valence-electron chi connectivity index (χ4n) is 3.34. The van der Waals surface area contributed by atoms with Crippen molar-refractivity contribution in [3.8, 4) is 0 Å². The van der Waals surface area contributed by atoms with Gasteiger partial charge in [-0.25, -0.2) is 4.79 Å². The molecule has 0 aromatic carbocycles. The normalized spacial score (nSPS) is 20.0. The number of hydrogen-bond acceptors (Lipinski definition) is 4. The maximum Gasteiger partial charge on any atom is 0.340 e. The smallest absolute Gasteiger partial charge is 0.340 e. The molecule has 2 aliphatic rings. The zero-order valence-corrected chi connectivity index (χ0v) is 13.5. The number of allylic oxidation sites excluding steroid dienone is 1. The number of aromatic carboxylic acids is 1. The van der Waals surface area contributed by atoms with Crippen molar-refractivity contribution in [1.29, 1.82) is 0 Å². The molecule has 1 saturated heterocycles. The second-order valence-corrected chi connectivity index (χ2v) is 6.53. The summed E-state index contributed by atoms with van der Waals surface area (Å²) in [5.74, 6) is -0.981. The van der Waals surface area contributed by atoms with Crippen LogP contribution >= 0.6 is 11.6 Å². The molecule has 1 aromatic heterocycles. The van der Waals surface area contributed by atoms with Crippen molar-refractivity contribution in [2.24, 2.45) is 0 Å². The van der Waals surface area contributed by atoms with Gasteiger partial charge in [0.2, 0.25) is 0 Å². The molecule has 1 aliphatic carbocycles. The standard InChI is InChI=1S/C16H19ClN2O4/c17-13-4-2-1-3-11(13)15(20)19-7-5-10(6-8-19)14-12(16(21)22)9-23-18-14/h9-10H,1-8H2,(H,21,22). The third-order valence-corrected chi connectivity index (χ3v) is 5.07. The lowest BCUT2D eigenvalue weighted by molar-refractivity contribution is -0.128. The Balaban J connectivity index is 1.65. The van der Waals surface area contributed by atoms with E-state index in [4.69, 9.17) is 21.2 Å². The average molecular weight is 339 g/mol. The highest BCUT2D eigenvalue weighted by atomic mass is 35.5. The molecular formula is C16H19ClN2O4. The van der Waals surface area contributed by atoms with Gasteiger partial charge in [0.25, 0.3) is 5.91 Å². The quantitative estimate of drug-likeness (QED) is 0.915. The number of nitrogens with zero attached hydrogens (tertiary/aromatic N) is 2. The molecule has 0 bridgehead atoms. The number of halogens is 1. The summed E-state index contributed by atoms with van der Waals surface area (Å²) in [7, 11) is 0. The van der Waals surface area contributed by atoms with Crippen LogP contribution < -0.4 is 0 Å². The van der Waals surface area contributed by atoms with Gasteiger partial charge in [0.05, 0.1) is 0 Å². The first-order valence-corrected chi connectivity index (χ1v) is 8.30. The number of piperidine rings is 1. The van der Waals surface area contributed by atoms with Crippen LogP contribution in [0.2, 0.25) is 0 Å². The van der Waals surface area contributed by atoms with E-state index in [0.717, 1.165) is 31.3 Å². The lowest BCUT2D eigenvalue weighted by Crippen LogP contribution is -2.39. The van der Waals surface area contributed by atoms with E-state index in [1.54, 1.807) is 0 Å². The lowest BCUT2D eigenvalue weighted by atomic mass is 9.90. The number of carboxylic acid groups (broad SMARTS) is 1. The Hall–Kier alpha value is -1.82. The molecule has 0 spiro atoms. The summed E-state index contributed by atoms with van der Waals surface area (Å²) >= 11 is 6.21. The van der Waals surface area contributed by atoms with Crippen LogP contribution in [0.1, 0.15) is 60.5 Å². The van der Waals surface area contributed by atoms with Gasteiger partial charge in [0.1, 0.15) is 17.5 Å². The molecule has 0 unspecified atom stereocenters. The van der Waals surface area contributed by atoms with Crippen LogP contribution in [0.25, 0.3) is 0 Å². The van der Waals surface area contributed by atoms with E-state index in [9.17, 15) is 9.59 Å². The number of rotatable bonds is 3. The number of carbonyl (C=O) groups is 2. The second kappa shape index (κ2) is 6.74. The lowest BCUT2D eigenvalue weighted by Gasteiger charge is -2.32. The van der Waals surface area contributed by atoms with Crippen LogP contribution in [0.3, 0.4) is 0 Å². The summed E-state index contributed by atoms with van der Waals surface area (Å²) in [6.07, 6.45) is 6.13.